The van der Waals surface area contributed by atoms with Gasteiger partial charge in [0.2, 0.25) is 0 Å². The lowest BCUT2D eigenvalue weighted by molar-refractivity contribution is 0.0955. The number of carbonyl (C=O) groups is 1. The molecule has 3 rings (SSSR count). The lowest BCUT2D eigenvalue weighted by atomic mass is 10.2. The van der Waals surface area contributed by atoms with Gasteiger partial charge in [-0.25, -0.2) is 5.43 Å². The summed E-state index contributed by atoms with van der Waals surface area (Å²) in [6.45, 7) is 4.09. The molecule has 0 saturated heterocycles. The molecule has 0 atom stereocenters. The Hall–Kier alpha value is -1.93. The summed E-state index contributed by atoms with van der Waals surface area (Å²) in [6.07, 6.45) is 1.68. The standard InChI is InChI=1S/C20H17BrIN3O/c1-13-10-16(14(2)25(13)19-5-3-4-17(21)11-19)12-23-24-20(26)15-6-8-18(22)9-7-15/h3-12H,1-2H3,(H,24,26)/b23-12-. The Kier molecular flexibility index (Phi) is 5.93. The molecule has 0 saturated carbocycles. The van der Waals surface area contributed by atoms with Gasteiger partial charge in [0.15, 0.2) is 0 Å². The van der Waals surface area contributed by atoms with Crippen LogP contribution in [0.2, 0.25) is 0 Å². The van der Waals surface area contributed by atoms with E-state index in [9.17, 15) is 4.79 Å². The second-order valence-corrected chi connectivity index (χ2v) is 8.01. The maximum Gasteiger partial charge on any atom is 0.271 e. The molecule has 0 radical (unpaired) electrons. The number of aromatic nitrogens is 1. The highest BCUT2D eigenvalue weighted by molar-refractivity contribution is 14.1. The first-order valence-electron chi connectivity index (χ1n) is 7.99. The Bertz CT molecular complexity index is 977. The van der Waals surface area contributed by atoms with Crippen molar-refractivity contribution in [1.29, 1.82) is 0 Å². The molecular formula is C20H17BrIN3O. The van der Waals surface area contributed by atoms with Gasteiger partial charge in [0.25, 0.3) is 5.91 Å². The van der Waals surface area contributed by atoms with Gasteiger partial charge in [-0.1, -0.05) is 22.0 Å². The summed E-state index contributed by atoms with van der Waals surface area (Å²) in [4.78, 5) is 12.1. The number of rotatable bonds is 4. The van der Waals surface area contributed by atoms with Crippen LogP contribution in [-0.4, -0.2) is 16.7 Å². The number of halogens is 2. The smallest absolute Gasteiger partial charge is 0.271 e. The van der Waals surface area contributed by atoms with Crippen molar-refractivity contribution in [2.75, 3.05) is 0 Å². The topological polar surface area (TPSA) is 46.4 Å². The lowest BCUT2D eigenvalue weighted by Gasteiger charge is -2.09. The van der Waals surface area contributed by atoms with Gasteiger partial charge in [0, 0.05) is 36.2 Å². The normalized spacial score (nSPS) is 11.1. The lowest BCUT2D eigenvalue weighted by Crippen LogP contribution is -2.17. The molecule has 2 aromatic carbocycles. The zero-order valence-electron chi connectivity index (χ0n) is 14.3. The molecule has 0 fully saturated rings. The fraction of sp³-hybridized carbons (Fsp3) is 0.100. The van der Waals surface area contributed by atoms with E-state index in [0.29, 0.717) is 5.56 Å². The predicted octanol–water partition coefficient (Wildman–Crippen LogP) is 5.23. The summed E-state index contributed by atoms with van der Waals surface area (Å²) >= 11 is 5.72. The number of nitrogens with one attached hydrogen (secondary N) is 1. The molecule has 1 aromatic heterocycles. The zero-order chi connectivity index (χ0) is 18.7. The molecule has 0 bridgehead atoms. The van der Waals surface area contributed by atoms with E-state index in [0.717, 1.165) is 30.7 Å². The van der Waals surface area contributed by atoms with Crippen molar-refractivity contribution < 1.29 is 4.79 Å². The Morgan fingerprint density at radius 2 is 1.88 bits per heavy atom. The second-order valence-electron chi connectivity index (χ2n) is 5.85. The summed E-state index contributed by atoms with van der Waals surface area (Å²) in [7, 11) is 0. The number of carbonyl (C=O) groups excluding carboxylic acids is 1. The molecule has 1 amide bonds. The predicted molar refractivity (Wildman–Crippen MR) is 117 cm³/mol. The van der Waals surface area contributed by atoms with Gasteiger partial charge in [-0.2, -0.15) is 5.10 Å². The van der Waals surface area contributed by atoms with Crippen molar-refractivity contribution in [3.63, 3.8) is 0 Å². The number of hydrogen-bond acceptors (Lipinski definition) is 2. The Morgan fingerprint density at radius 3 is 2.58 bits per heavy atom. The molecule has 6 heteroatoms. The maximum atomic E-state index is 12.1. The Labute approximate surface area is 174 Å². The first kappa shape index (κ1) is 18.8. The molecule has 4 nitrogen and oxygen atoms in total. The molecule has 0 spiro atoms. The van der Waals surface area contributed by atoms with Crippen molar-refractivity contribution in [3.8, 4) is 5.69 Å². The zero-order valence-corrected chi connectivity index (χ0v) is 18.1. The van der Waals surface area contributed by atoms with E-state index in [2.05, 4.69) is 78.7 Å². The number of hydrazone groups is 1. The minimum absolute atomic E-state index is 0.224. The fourth-order valence-corrected chi connectivity index (χ4v) is 3.50. The number of nitrogens with zero attached hydrogens (tertiary/aromatic N) is 2. The molecule has 1 N–H and O–H groups in total. The highest BCUT2D eigenvalue weighted by atomic mass is 127. The Balaban J connectivity index is 1.78. The van der Waals surface area contributed by atoms with Crippen molar-refractivity contribution in [2.45, 2.75) is 13.8 Å². The molecule has 3 aromatic rings. The average Bonchev–Trinajstić information content (AvgIpc) is 2.89. The van der Waals surface area contributed by atoms with Crippen LogP contribution in [0.25, 0.3) is 5.69 Å². The number of hydrogen-bond donors (Lipinski definition) is 1. The number of benzene rings is 2. The first-order chi connectivity index (χ1) is 12.5. The van der Waals surface area contributed by atoms with Crippen LogP contribution in [0.4, 0.5) is 0 Å². The summed E-state index contributed by atoms with van der Waals surface area (Å²) in [5.74, 6) is -0.224. The molecule has 0 unspecified atom stereocenters. The first-order valence-corrected chi connectivity index (χ1v) is 9.87. The molecule has 0 aliphatic rings. The van der Waals surface area contributed by atoms with Crippen LogP contribution >= 0.6 is 38.5 Å². The molecule has 0 aliphatic heterocycles. The number of aryl methyl sites for hydroxylation is 1. The second kappa shape index (κ2) is 8.18. The minimum Gasteiger partial charge on any atom is -0.318 e. The monoisotopic (exact) mass is 521 g/mol. The van der Waals surface area contributed by atoms with E-state index >= 15 is 0 Å². The van der Waals surface area contributed by atoms with Gasteiger partial charge in [0.05, 0.1) is 6.21 Å². The molecule has 0 aliphatic carbocycles. The van der Waals surface area contributed by atoms with Gasteiger partial charge in [0.1, 0.15) is 0 Å². The molecule has 26 heavy (non-hydrogen) atoms. The van der Waals surface area contributed by atoms with Crippen LogP contribution in [0, 0.1) is 17.4 Å². The van der Waals surface area contributed by atoms with Gasteiger partial charge in [-0.3, -0.25) is 4.79 Å². The van der Waals surface area contributed by atoms with Gasteiger partial charge in [-0.15, -0.1) is 0 Å². The highest BCUT2D eigenvalue weighted by Crippen LogP contribution is 2.22. The third-order valence-corrected chi connectivity index (χ3v) is 5.23. The SMILES string of the molecule is Cc1cc(/C=N\NC(=O)c2ccc(I)cc2)c(C)n1-c1cccc(Br)c1. The van der Waals surface area contributed by atoms with Crippen LogP contribution in [0.5, 0.6) is 0 Å². The van der Waals surface area contributed by atoms with E-state index in [1.807, 2.05) is 31.2 Å². The third kappa shape index (κ3) is 4.24. The molecular weight excluding hydrogens is 505 g/mol. The van der Waals surface area contributed by atoms with Crippen LogP contribution in [-0.2, 0) is 0 Å². The number of amides is 1. The van der Waals surface area contributed by atoms with Crippen molar-refractivity contribution in [3.05, 3.63) is 85.2 Å². The summed E-state index contributed by atoms with van der Waals surface area (Å²) in [5.41, 5.74) is 7.38. The molecule has 132 valence electrons. The van der Waals surface area contributed by atoms with Crippen molar-refractivity contribution in [2.24, 2.45) is 5.10 Å². The van der Waals surface area contributed by atoms with Gasteiger partial charge < -0.3 is 4.57 Å². The van der Waals surface area contributed by atoms with Crippen LogP contribution in [0.3, 0.4) is 0 Å². The maximum absolute atomic E-state index is 12.1. The summed E-state index contributed by atoms with van der Waals surface area (Å²) < 4.78 is 4.28. The van der Waals surface area contributed by atoms with E-state index in [-0.39, 0.29) is 5.91 Å². The van der Waals surface area contributed by atoms with Crippen LogP contribution in [0.15, 0.2) is 64.2 Å². The van der Waals surface area contributed by atoms with Crippen LogP contribution in [0.1, 0.15) is 27.3 Å². The van der Waals surface area contributed by atoms with Crippen LogP contribution < -0.4 is 5.43 Å². The average molecular weight is 522 g/mol. The summed E-state index contributed by atoms with van der Waals surface area (Å²) in [5, 5.41) is 4.12. The van der Waals surface area contributed by atoms with E-state index in [4.69, 9.17) is 0 Å². The van der Waals surface area contributed by atoms with Gasteiger partial charge in [-0.05, 0) is 85.0 Å². The summed E-state index contributed by atoms with van der Waals surface area (Å²) in [6, 6.07) is 17.5. The van der Waals surface area contributed by atoms with Gasteiger partial charge >= 0.3 is 0 Å². The highest BCUT2D eigenvalue weighted by Gasteiger charge is 2.10. The van der Waals surface area contributed by atoms with E-state index in [1.165, 1.54) is 0 Å². The largest absolute Gasteiger partial charge is 0.318 e. The molecule has 1 heterocycles. The van der Waals surface area contributed by atoms with Crippen molar-refractivity contribution >= 4 is 50.6 Å². The van der Waals surface area contributed by atoms with Crippen molar-refractivity contribution in [1.82, 2.24) is 9.99 Å². The quantitative estimate of drug-likeness (QED) is 0.285. The van der Waals surface area contributed by atoms with E-state index < -0.39 is 0 Å². The fourth-order valence-electron chi connectivity index (χ4n) is 2.76. The van der Waals surface area contributed by atoms with E-state index in [1.54, 1.807) is 18.3 Å². The Morgan fingerprint density at radius 1 is 1.15 bits per heavy atom. The minimum atomic E-state index is -0.224. The third-order valence-electron chi connectivity index (χ3n) is 4.01.